The number of rotatable bonds is 3. The zero-order chi connectivity index (χ0) is 16.2. The van der Waals surface area contributed by atoms with E-state index in [1.165, 1.54) is 4.68 Å². The molecule has 3 heterocycles. The van der Waals surface area contributed by atoms with Crippen LogP contribution in [0.4, 0.5) is 4.39 Å². The van der Waals surface area contributed by atoms with Crippen LogP contribution in [0.15, 0.2) is 29.5 Å². The number of fused-ring (bicyclic) bond motifs is 1. The quantitative estimate of drug-likeness (QED) is 0.841. The molecule has 0 aromatic carbocycles. The molecule has 0 bridgehead atoms. The van der Waals surface area contributed by atoms with Crippen molar-refractivity contribution in [1.82, 2.24) is 14.8 Å². The SMILES string of the molecule is CC1([C@@H]2C[C@H](F)c3nc(S(=O)(=O)C4COC4)nn32)C=CC=CC1. The number of hydrogen-bond donors (Lipinski definition) is 0. The van der Waals surface area contributed by atoms with Gasteiger partial charge in [-0.2, -0.15) is 4.98 Å². The molecule has 2 aliphatic heterocycles. The predicted octanol–water partition coefficient (Wildman–Crippen LogP) is 1.93. The number of alkyl halides is 1. The second kappa shape index (κ2) is 4.98. The first kappa shape index (κ1) is 15.0. The molecule has 124 valence electrons. The van der Waals surface area contributed by atoms with Crippen LogP contribution in [0.5, 0.6) is 0 Å². The summed E-state index contributed by atoms with van der Waals surface area (Å²) in [7, 11) is -3.64. The number of ether oxygens (including phenoxy) is 1. The third-order valence-corrected chi connectivity index (χ3v) is 6.82. The van der Waals surface area contributed by atoms with Crippen LogP contribution < -0.4 is 0 Å². The summed E-state index contributed by atoms with van der Waals surface area (Å²) in [4.78, 5) is 4.01. The maximum atomic E-state index is 14.4. The summed E-state index contributed by atoms with van der Waals surface area (Å²) in [6.07, 6.45) is 7.72. The van der Waals surface area contributed by atoms with Gasteiger partial charge in [0.2, 0.25) is 9.84 Å². The standard InChI is InChI=1S/C15H18FN3O3S/c1-15(5-3-2-4-6-15)12-7-11(16)13-17-14(18-19(12)13)23(20,21)10-8-22-9-10/h2-5,10-12H,6-9H2,1H3/t11-,12-,15?/m0/s1. The van der Waals surface area contributed by atoms with Crippen molar-refractivity contribution in [3.63, 3.8) is 0 Å². The van der Waals surface area contributed by atoms with Gasteiger partial charge in [0.05, 0.1) is 19.3 Å². The highest BCUT2D eigenvalue weighted by molar-refractivity contribution is 7.92. The molecular formula is C15H18FN3O3S. The summed E-state index contributed by atoms with van der Waals surface area (Å²) >= 11 is 0. The molecule has 3 atom stereocenters. The van der Waals surface area contributed by atoms with Crippen LogP contribution in [0.3, 0.4) is 0 Å². The number of halogens is 1. The van der Waals surface area contributed by atoms with E-state index >= 15 is 0 Å². The molecule has 1 aliphatic carbocycles. The lowest BCUT2D eigenvalue weighted by Crippen LogP contribution is -2.41. The molecule has 1 fully saturated rings. The average Bonchev–Trinajstić information content (AvgIpc) is 2.99. The Kier molecular flexibility index (Phi) is 3.25. The minimum Gasteiger partial charge on any atom is -0.379 e. The van der Waals surface area contributed by atoms with E-state index in [-0.39, 0.29) is 42.1 Å². The second-order valence-corrected chi connectivity index (χ2v) is 8.74. The van der Waals surface area contributed by atoms with Crippen LogP contribution in [-0.2, 0) is 14.6 Å². The normalized spacial score (nSPS) is 33.7. The Bertz CT molecular complexity index is 797. The van der Waals surface area contributed by atoms with Crippen molar-refractivity contribution in [3.05, 3.63) is 30.1 Å². The summed E-state index contributed by atoms with van der Waals surface area (Å²) in [5.41, 5.74) is -0.293. The molecule has 4 rings (SSSR count). The monoisotopic (exact) mass is 339 g/mol. The summed E-state index contributed by atoms with van der Waals surface area (Å²) in [6.45, 7) is 2.34. The Morgan fingerprint density at radius 1 is 1.39 bits per heavy atom. The van der Waals surface area contributed by atoms with Gasteiger partial charge in [-0.15, -0.1) is 5.10 Å². The van der Waals surface area contributed by atoms with Crippen LogP contribution in [-0.4, -0.2) is 41.6 Å². The minimum atomic E-state index is -3.64. The number of allylic oxidation sites excluding steroid dienone is 4. The highest BCUT2D eigenvalue weighted by atomic mass is 32.2. The number of sulfone groups is 1. The van der Waals surface area contributed by atoms with Crippen LogP contribution in [0.1, 0.15) is 37.8 Å². The maximum absolute atomic E-state index is 14.4. The Labute approximate surface area is 134 Å². The molecule has 0 spiro atoms. The third kappa shape index (κ3) is 2.19. The smallest absolute Gasteiger partial charge is 0.267 e. The Morgan fingerprint density at radius 2 is 2.17 bits per heavy atom. The van der Waals surface area contributed by atoms with Crippen LogP contribution >= 0.6 is 0 Å². The summed E-state index contributed by atoms with van der Waals surface area (Å²) in [6, 6.07) is -0.234. The van der Waals surface area contributed by atoms with Crippen molar-refractivity contribution in [2.75, 3.05) is 13.2 Å². The van der Waals surface area contributed by atoms with Crippen molar-refractivity contribution >= 4 is 9.84 Å². The fourth-order valence-corrected chi connectivity index (χ4v) is 4.63. The predicted molar refractivity (Wildman–Crippen MR) is 80.3 cm³/mol. The molecule has 1 aromatic heterocycles. The topological polar surface area (TPSA) is 74.1 Å². The number of nitrogens with zero attached hydrogens (tertiary/aromatic N) is 3. The lowest BCUT2D eigenvalue weighted by atomic mass is 9.76. The first-order valence-corrected chi connectivity index (χ1v) is 9.23. The van der Waals surface area contributed by atoms with Gasteiger partial charge in [-0.05, 0) is 6.42 Å². The van der Waals surface area contributed by atoms with Crippen molar-refractivity contribution in [2.24, 2.45) is 5.41 Å². The van der Waals surface area contributed by atoms with Gasteiger partial charge in [-0.25, -0.2) is 17.5 Å². The number of hydrogen-bond acceptors (Lipinski definition) is 5. The molecule has 3 aliphatic rings. The minimum absolute atomic E-state index is 0.123. The average molecular weight is 339 g/mol. The lowest BCUT2D eigenvalue weighted by molar-refractivity contribution is 0.0413. The van der Waals surface area contributed by atoms with Crippen molar-refractivity contribution in [1.29, 1.82) is 0 Å². The molecule has 6 nitrogen and oxygen atoms in total. The van der Waals surface area contributed by atoms with Gasteiger partial charge in [-0.3, -0.25) is 0 Å². The molecule has 8 heteroatoms. The van der Waals surface area contributed by atoms with Crippen molar-refractivity contribution in [3.8, 4) is 0 Å². The molecule has 1 unspecified atom stereocenters. The first-order valence-electron chi connectivity index (χ1n) is 7.68. The van der Waals surface area contributed by atoms with E-state index in [0.29, 0.717) is 0 Å². The van der Waals surface area contributed by atoms with E-state index in [9.17, 15) is 12.8 Å². The molecule has 1 aromatic rings. The third-order valence-electron chi connectivity index (χ3n) is 4.99. The molecule has 0 saturated carbocycles. The van der Waals surface area contributed by atoms with Gasteiger partial charge in [0.1, 0.15) is 5.25 Å². The largest absolute Gasteiger partial charge is 0.379 e. The number of aromatic nitrogens is 3. The van der Waals surface area contributed by atoms with Gasteiger partial charge in [0, 0.05) is 11.8 Å². The van der Waals surface area contributed by atoms with Crippen molar-refractivity contribution < 1.29 is 17.5 Å². The van der Waals surface area contributed by atoms with Gasteiger partial charge in [0.25, 0.3) is 5.16 Å². The van der Waals surface area contributed by atoms with Crippen LogP contribution in [0, 0.1) is 5.41 Å². The summed E-state index contributed by atoms with van der Waals surface area (Å²) in [5, 5.41) is 3.29. The van der Waals surface area contributed by atoms with E-state index in [0.717, 1.165) is 6.42 Å². The molecular weight excluding hydrogens is 321 g/mol. The highest BCUT2D eigenvalue weighted by Crippen LogP contribution is 2.49. The summed E-state index contributed by atoms with van der Waals surface area (Å²) < 4.78 is 45.7. The van der Waals surface area contributed by atoms with Gasteiger partial charge in [-0.1, -0.05) is 31.2 Å². The Hall–Kier alpha value is -1.54. The molecule has 0 radical (unpaired) electrons. The zero-order valence-corrected chi connectivity index (χ0v) is 13.5. The summed E-state index contributed by atoms with van der Waals surface area (Å²) in [5.74, 6) is 0.123. The zero-order valence-electron chi connectivity index (χ0n) is 12.7. The van der Waals surface area contributed by atoms with Gasteiger partial charge < -0.3 is 4.74 Å². The van der Waals surface area contributed by atoms with E-state index < -0.39 is 21.3 Å². The van der Waals surface area contributed by atoms with Gasteiger partial charge >= 0.3 is 0 Å². The molecule has 1 saturated heterocycles. The molecule has 23 heavy (non-hydrogen) atoms. The highest BCUT2D eigenvalue weighted by Gasteiger charge is 2.46. The van der Waals surface area contributed by atoms with E-state index in [1.807, 2.05) is 31.2 Å². The van der Waals surface area contributed by atoms with E-state index in [2.05, 4.69) is 10.1 Å². The van der Waals surface area contributed by atoms with Crippen LogP contribution in [0.2, 0.25) is 0 Å². The van der Waals surface area contributed by atoms with Crippen LogP contribution in [0.25, 0.3) is 0 Å². The first-order chi connectivity index (χ1) is 10.9. The maximum Gasteiger partial charge on any atom is 0.267 e. The Morgan fingerprint density at radius 3 is 2.78 bits per heavy atom. The van der Waals surface area contributed by atoms with E-state index in [4.69, 9.17) is 4.74 Å². The Balaban J connectivity index is 1.72. The molecule has 0 N–H and O–H groups in total. The van der Waals surface area contributed by atoms with Crippen molar-refractivity contribution in [2.45, 2.75) is 42.4 Å². The van der Waals surface area contributed by atoms with Gasteiger partial charge in [0.15, 0.2) is 12.0 Å². The lowest BCUT2D eigenvalue weighted by Gasteiger charge is -2.33. The molecule has 0 amide bonds. The van der Waals surface area contributed by atoms with E-state index in [1.54, 1.807) is 0 Å². The second-order valence-electron chi connectivity index (χ2n) is 6.62. The fourth-order valence-electron chi connectivity index (χ4n) is 3.36. The fraction of sp³-hybridized carbons (Fsp3) is 0.600.